The van der Waals surface area contributed by atoms with Crippen molar-refractivity contribution in [2.45, 2.75) is 59.0 Å². The van der Waals surface area contributed by atoms with Crippen LogP contribution in [-0.4, -0.2) is 38.3 Å². The highest BCUT2D eigenvalue weighted by atomic mass is 16.5. The Hall–Kier alpha value is -1.06. The van der Waals surface area contributed by atoms with Crippen LogP contribution in [0.15, 0.2) is 24.3 Å². The zero-order valence-corrected chi connectivity index (χ0v) is 16.2. The molecule has 0 N–H and O–H groups in total. The third-order valence-electron chi connectivity index (χ3n) is 5.43. The zero-order chi connectivity index (χ0) is 17.6. The van der Waals surface area contributed by atoms with Gasteiger partial charge < -0.3 is 9.47 Å². The summed E-state index contributed by atoms with van der Waals surface area (Å²) in [5.41, 5.74) is 1.78. The van der Waals surface area contributed by atoms with Gasteiger partial charge in [-0.25, -0.2) is 0 Å². The Morgan fingerprint density at radius 1 is 1.08 bits per heavy atom. The molecule has 1 aromatic carbocycles. The summed E-state index contributed by atoms with van der Waals surface area (Å²) >= 11 is 0. The lowest BCUT2D eigenvalue weighted by atomic mass is 9.71. The molecule has 0 aliphatic heterocycles. The second-order valence-electron chi connectivity index (χ2n) is 8.28. The minimum Gasteiger partial charge on any atom is -0.491 e. The Kier molecular flexibility index (Phi) is 7.12. The van der Waals surface area contributed by atoms with Crippen LogP contribution in [0.4, 0.5) is 0 Å². The second-order valence-corrected chi connectivity index (χ2v) is 8.28. The molecular weight excluding hydrogens is 298 g/mol. The Balaban J connectivity index is 1.84. The Bertz CT molecular complexity index is 487. The summed E-state index contributed by atoms with van der Waals surface area (Å²) in [4.78, 5) is 2.52. The topological polar surface area (TPSA) is 21.7 Å². The van der Waals surface area contributed by atoms with E-state index in [2.05, 4.69) is 50.9 Å². The van der Waals surface area contributed by atoms with Crippen LogP contribution in [0, 0.1) is 11.3 Å². The van der Waals surface area contributed by atoms with Gasteiger partial charge in [0.1, 0.15) is 12.4 Å². The van der Waals surface area contributed by atoms with Gasteiger partial charge in [-0.2, -0.15) is 0 Å². The first-order valence-electron chi connectivity index (χ1n) is 9.31. The van der Waals surface area contributed by atoms with Crippen molar-refractivity contribution in [2.24, 2.45) is 11.3 Å². The van der Waals surface area contributed by atoms with Crippen LogP contribution in [0.25, 0.3) is 0 Å². The van der Waals surface area contributed by atoms with Crippen molar-refractivity contribution in [3.63, 3.8) is 0 Å². The van der Waals surface area contributed by atoms with Crippen molar-refractivity contribution >= 4 is 0 Å². The first kappa shape index (κ1) is 19.3. The summed E-state index contributed by atoms with van der Waals surface area (Å²) in [7, 11) is 3.96. The SMILES string of the molecule is COCCOc1cccc(CN(C)C2CCC(C(C)(C)C)CC2)c1. The van der Waals surface area contributed by atoms with E-state index in [1.165, 1.54) is 31.2 Å². The molecule has 0 saturated heterocycles. The van der Waals surface area contributed by atoms with Crippen molar-refractivity contribution in [1.82, 2.24) is 4.90 Å². The minimum absolute atomic E-state index is 0.456. The smallest absolute Gasteiger partial charge is 0.119 e. The van der Waals surface area contributed by atoms with E-state index >= 15 is 0 Å². The van der Waals surface area contributed by atoms with E-state index in [0.717, 1.165) is 18.2 Å². The molecule has 1 aromatic rings. The van der Waals surface area contributed by atoms with Gasteiger partial charge in [-0.3, -0.25) is 4.90 Å². The lowest BCUT2D eigenvalue weighted by molar-refractivity contribution is 0.107. The van der Waals surface area contributed by atoms with E-state index in [-0.39, 0.29) is 0 Å². The van der Waals surface area contributed by atoms with Gasteiger partial charge in [-0.1, -0.05) is 32.9 Å². The number of hydrogen-bond donors (Lipinski definition) is 0. The van der Waals surface area contributed by atoms with Crippen molar-refractivity contribution in [3.05, 3.63) is 29.8 Å². The van der Waals surface area contributed by atoms with Crippen molar-refractivity contribution in [3.8, 4) is 5.75 Å². The van der Waals surface area contributed by atoms with Crippen LogP contribution in [0.1, 0.15) is 52.0 Å². The summed E-state index contributed by atoms with van der Waals surface area (Å²) in [6, 6.07) is 9.17. The normalized spacial score (nSPS) is 21.9. The van der Waals surface area contributed by atoms with Crippen molar-refractivity contribution in [1.29, 1.82) is 0 Å². The third kappa shape index (κ3) is 5.78. The maximum absolute atomic E-state index is 5.72. The zero-order valence-electron chi connectivity index (χ0n) is 16.2. The molecule has 0 amide bonds. The highest BCUT2D eigenvalue weighted by Gasteiger charge is 2.30. The van der Waals surface area contributed by atoms with Crippen LogP contribution in [-0.2, 0) is 11.3 Å². The molecule has 0 atom stereocenters. The molecule has 0 unspecified atom stereocenters. The molecule has 1 aliphatic rings. The molecule has 3 nitrogen and oxygen atoms in total. The molecule has 1 saturated carbocycles. The number of hydrogen-bond acceptors (Lipinski definition) is 3. The highest BCUT2D eigenvalue weighted by Crippen LogP contribution is 2.39. The quantitative estimate of drug-likeness (QED) is 0.672. The van der Waals surface area contributed by atoms with Crippen molar-refractivity contribution in [2.75, 3.05) is 27.4 Å². The molecule has 0 spiro atoms. The maximum Gasteiger partial charge on any atom is 0.119 e. The van der Waals surface area contributed by atoms with E-state index in [0.29, 0.717) is 24.7 Å². The lowest BCUT2D eigenvalue weighted by Crippen LogP contribution is -2.37. The lowest BCUT2D eigenvalue weighted by Gasteiger charge is -2.40. The molecular formula is C21H35NO2. The van der Waals surface area contributed by atoms with Gasteiger partial charge in [-0.15, -0.1) is 0 Å². The largest absolute Gasteiger partial charge is 0.491 e. The molecule has 0 radical (unpaired) electrons. The summed E-state index contributed by atoms with van der Waals surface area (Å²) in [5, 5.41) is 0. The van der Waals surface area contributed by atoms with Gasteiger partial charge in [0.25, 0.3) is 0 Å². The van der Waals surface area contributed by atoms with Crippen LogP contribution in [0.5, 0.6) is 5.75 Å². The Morgan fingerprint density at radius 2 is 1.79 bits per heavy atom. The van der Waals surface area contributed by atoms with E-state index < -0.39 is 0 Å². The van der Waals surface area contributed by atoms with E-state index in [9.17, 15) is 0 Å². The Labute approximate surface area is 148 Å². The summed E-state index contributed by atoms with van der Waals surface area (Å²) in [6.45, 7) is 9.38. The first-order chi connectivity index (χ1) is 11.4. The monoisotopic (exact) mass is 333 g/mol. The van der Waals surface area contributed by atoms with E-state index in [1.54, 1.807) is 7.11 Å². The minimum atomic E-state index is 0.456. The average molecular weight is 334 g/mol. The van der Waals surface area contributed by atoms with Crippen LogP contribution in [0.2, 0.25) is 0 Å². The summed E-state index contributed by atoms with van der Waals surface area (Å²) in [6.07, 6.45) is 5.36. The van der Waals surface area contributed by atoms with Gasteiger partial charge in [-0.05, 0) is 61.8 Å². The summed E-state index contributed by atoms with van der Waals surface area (Å²) < 4.78 is 10.8. The van der Waals surface area contributed by atoms with E-state index in [1.807, 2.05) is 6.07 Å². The van der Waals surface area contributed by atoms with E-state index in [4.69, 9.17) is 9.47 Å². The molecule has 0 heterocycles. The molecule has 3 heteroatoms. The number of rotatable bonds is 7. The fourth-order valence-electron chi connectivity index (χ4n) is 3.78. The van der Waals surface area contributed by atoms with Gasteiger partial charge >= 0.3 is 0 Å². The fraction of sp³-hybridized carbons (Fsp3) is 0.714. The average Bonchev–Trinajstić information content (AvgIpc) is 2.55. The number of methoxy groups -OCH3 is 1. The van der Waals surface area contributed by atoms with Gasteiger partial charge in [0, 0.05) is 19.7 Å². The third-order valence-corrected chi connectivity index (χ3v) is 5.43. The fourth-order valence-corrected chi connectivity index (χ4v) is 3.78. The number of benzene rings is 1. The van der Waals surface area contributed by atoms with Crippen LogP contribution >= 0.6 is 0 Å². The first-order valence-corrected chi connectivity index (χ1v) is 9.31. The van der Waals surface area contributed by atoms with Crippen molar-refractivity contribution < 1.29 is 9.47 Å². The molecule has 0 bridgehead atoms. The number of ether oxygens (including phenoxy) is 2. The standard InChI is InChI=1S/C21H35NO2/c1-21(2,3)18-9-11-19(12-10-18)22(4)16-17-7-6-8-20(15-17)24-14-13-23-5/h6-8,15,18-19H,9-14,16H2,1-5H3. The molecule has 24 heavy (non-hydrogen) atoms. The summed E-state index contributed by atoms with van der Waals surface area (Å²) in [5.74, 6) is 1.81. The van der Waals surface area contributed by atoms with Gasteiger partial charge in [0.05, 0.1) is 6.61 Å². The molecule has 1 aliphatic carbocycles. The molecule has 0 aromatic heterocycles. The van der Waals surface area contributed by atoms with Gasteiger partial charge in [0.2, 0.25) is 0 Å². The molecule has 2 rings (SSSR count). The number of nitrogens with zero attached hydrogens (tertiary/aromatic N) is 1. The molecule has 136 valence electrons. The molecule has 1 fully saturated rings. The van der Waals surface area contributed by atoms with Crippen LogP contribution < -0.4 is 4.74 Å². The second kappa shape index (κ2) is 8.87. The predicted molar refractivity (Wildman–Crippen MR) is 100 cm³/mol. The Morgan fingerprint density at radius 3 is 2.42 bits per heavy atom. The van der Waals surface area contributed by atoms with Crippen LogP contribution in [0.3, 0.4) is 0 Å². The maximum atomic E-state index is 5.72. The van der Waals surface area contributed by atoms with Gasteiger partial charge in [0.15, 0.2) is 0 Å². The predicted octanol–water partition coefficient (Wildman–Crippen LogP) is 4.75. The highest BCUT2D eigenvalue weighted by molar-refractivity contribution is 5.28.